The molecule has 1 rings (SSSR count). The molecule has 1 aromatic carbocycles. The van der Waals surface area contributed by atoms with Gasteiger partial charge in [-0.05, 0) is 12.0 Å². The number of rotatable bonds is 6. The highest BCUT2D eigenvalue weighted by molar-refractivity contribution is 6.33. The van der Waals surface area contributed by atoms with Crippen LogP contribution in [-0.2, 0) is 27.3 Å². The van der Waals surface area contributed by atoms with Gasteiger partial charge in [-0.2, -0.15) is 0 Å². The maximum Gasteiger partial charge on any atom is 0.302 e. The van der Waals surface area contributed by atoms with Gasteiger partial charge in [0, 0.05) is 19.6 Å². The van der Waals surface area contributed by atoms with Gasteiger partial charge in [0.25, 0.3) is 0 Å². The topological polar surface area (TPSA) is 44.8 Å². The van der Waals surface area contributed by atoms with Crippen molar-refractivity contribution in [2.24, 2.45) is 0 Å². The summed E-state index contributed by atoms with van der Waals surface area (Å²) in [5.74, 6) is 0.270. The van der Waals surface area contributed by atoms with Crippen molar-refractivity contribution >= 4 is 17.6 Å². The molecule has 0 unspecified atom stereocenters. The molecule has 0 saturated heterocycles. The van der Waals surface area contributed by atoms with Gasteiger partial charge in [0.05, 0.1) is 18.7 Å². The van der Waals surface area contributed by atoms with Gasteiger partial charge < -0.3 is 14.2 Å². The van der Waals surface area contributed by atoms with Gasteiger partial charge in [0.15, 0.2) is 0 Å². The minimum Gasteiger partial charge on any atom is -0.495 e. The van der Waals surface area contributed by atoms with Crippen molar-refractivity contribution in [1.29, 1.82) is 0 Å². The second-order valence-electron chi connectivity index (χ2n) is 3.75. The number of methoxy groups -OCH3 is 2. The second-order valence-corrected chi connectivity index (χ2v) is 4.13. The van der Waals surface area contributed by atoms with Gasteiger partial charge in [-0.3, -0.25) is 4.79 Å². The maximum atomic E-state index is 10.8. The summed E-state index contributed by atoms with van der Waals surface area (Å²) in [6, 6.07) is 3.74. The Morgan fingerprint density at radius 1 is 1.28 bits per heavy atom. The van der Waals surface area contributed by atoms with Crippen LogP contribution in [0, 0.1) is 0 Å². The second kappa shape index (κ2) is 7.24. The lowest BCUT2D eigenvalue weighted by Gasteiger charge is -2.13. The van der Waals surface area contributed by atoms with Crippen molar-refractivity contribution < 1.29 is 19.0 Å². The number of halogens is 1. The van der Waals surface area contributed by atoms with Crippen molar-refractivity contribution in [3.8, 4) is 5.75 Å². The van der Waals surface area contributed by atoms with Crippen molar-refractivity contribution in [2.75, 3.05) is 20.8 Å². The average Bonchev–Trinajstić information content (AvgIpc) is 2.34. The molecule has 18 heavy (non-hydrogen) atoms. The highest BCUT2D eigenvalue weighted by atomic mass is 35.5. The Morgan fingerprint density at radius 3 is 2.50 bits per heavy atom. The molecular formula is C13H17ClO4. The molecule has 0 aromatic heterocycles. The van der Waals surface area contributed by atoms with Crippen molar-refractivity contribution in [2.45, 2.75) is 20.0 Å². The molecule has 0 radical (unpaired) electrons. The summed E-state index contributed by atoms with van der Waals surface area (Å²) in [5.41, 5.74) is 1.70. The van der Waals surface area contributed by atoms with Crippen LogP contribution < -0.4 is 4.74 Å². The molecule has 0 atom stereocenters. The van der Waals surface area contributed by atoms with Crippen molar-refractivity contribution in [1.82, 2.24) is 0 Å². The van der Waals surface area contributed by atoms with Crippen LogP contribution in [0.5, 0.6) is 5.75 Å². The van der Waals surface area contributed by atoms with Crippen LogP contribution in [-0.4, -0.2) is 26.8 Å². The number of hydrogen-bond donors (Lipinski definition) is 0. The maximum absolute atomic E-state index is 10.8. The zero-order valence-corrected chi connectivity index (χ0v) is 11.5. The van der Waals surface area contributed by atoms with Crippen LogP contribution in [0.15, 0.2) is 12.1 Å². The third-order valence-corrected chi connectivity index (χ3v) is 2.88. The normalized spacial score (nSPS) is 10.2. The van der Waals surface area contributed by atoms with E-state index in [0.717, 1.165) is 11.1 Å². The van der Waals surface area contributed by atoms with E-state index in [1.807, 2.05) is 12.1 Å². The minimum absolute atomic E-state index is 0.148. The Morgan fingerprint density at radius 2 is 1.94 bits per heavy atom. The monoisotopic (exact) mass is 272 g/mol. The van der Waals surface area contributed by atoms with Gasteiger partial charge in [-0.15, -0.1) is 0 Å². The van der Waals surface area contributed by atoms with Crippen molar-refractivity contribution in [3.05, 3.63) is 28.3 Å². The minimum atomic E-state index is -0.339. The summed E-state index contributed by atoms with van der Waals surface area (Å²) < 4.78 is 15.2. The standard InChI is InChI=1S/C13H17ClO4/c1-9(15)18-8-11-5-4-10(6-7-16-2)13(17-3)12(11)14/h4-5H,6-8H2,1-3H3. The van der Waals surface area contributed by atoms with E-state index in [1.165, 1.54) is 6.92 Å². The Bertz CT molecular complexity index is 418. The predicted molar refractivity (Wildman–Crippen MR) is 69.1 cm³/mol. The molecule has 0 aliphatic heterocycles. The van der Waals surface area contributed by atoms with Gasteiger partial charge in [-0.25, -0.2) is 0 Å². The number of hydrogen-bond acceptors (Lipinski definition) is 4. The number of benzene rings is 1. The summed E-state index contributed by atoms with van der Waals surface area (Å²) in [6.45, 7) is 2.10. The molecule has 0 heterocycles. The van der Waals surface area contributed by atoms with E-state index in [4.69, 9.17) is 25.8 Å². The Labute approximate surface area is 112 Å². The van der Waals surface area contributed by atoms with Crippen LogP contribution in [0.4, 0.5) is 0 Å². The fourth-order valence-corrected chi connectivity index (χ4v) is 1.87. The van der Waals surface area contributed by atoms with E-state index in [9.17, 15) is 4.79 Å². The third kappa shape index (κ3) is 3.89. The predicted octanol–water partition coefficient (Wildman–Crippen LogP) is 2.60. The van der Waals surface area contributed by atoms with E-state index < -0.39 is 0 Å². The first-order chi connectivity index (χ1) is 8.60. The lowest BCUT2D eigenvalue weighted by molar-refractivity contribution is -0.142. The quantitative estimate of drug-likeness (QED) is 0.747. The largest absolute Gasteiger partial charge is 0.495 e. The third-order valence-electron chi connectivity index (χ3n) is 2.47. The zero-order valence-electron chi connectivity index (χ0n) is 10.8. The van der Waals surface area contributed by atoms with Gasteiger partial charge in [-0.1, -0.05) is 23.7 Å². The lowest BCUT2D eigenvalue weighted by Crippen LogP contribution is -2.03. The first kappa shape index (κ1) is 14.8. The van der Waals surface area contributed by atoms with E-state index in [-0.39, 0.29) is 12.6 Å². The smallest absolute Gasteiger partial charge is 0.302 e. The fraction of sp³-hybridized carbons (Fsp3) is 0.462. The van der Waals surface area contributed by atoms with E-state index in [2.05, 4.69) is 0 Å². The number of carbonyl (C=O) groups excluding carboxylic acids is 1. The number of ether oxygens (including phenoxy) is 3. The first-order valence-electron chi connectivity index (χ1n) is 5.56. The molecule has 0 amide bonds. The molecule has 0 aliphatic carbocycles. The van der Waals surface area contributed by atoms with Crippen LogP contribution in [0.1, 0.15) is 18.1 Å². The molecule has 0 spiro atoms. The zero-order chi connectivity index (χ0) is 13.5. The van der Waals surface area contributed by atoms with Crippen molar-refractivity contribution in [3.63, 3.8) is 0 Å². The average molecular weight is 273 g/mol. The summed E-state index contributed by atoms with van der Waals surface area (Å²) in [6.07, 6.45) is 0.716. The molecule has 1 aromatic rings. The summed E-state index contributed by atoms with van der Waals surface area (Å²) in [7, 11) is 3.20. The molecule has 0 saturated carbocycles. The first-order valence-corrected chi connectivity index (χ1v) is 5.94. The SMILES string of the molecule is COCCc1ccc(COC(C)=O)c(Cl)c1OC. The lowest BCUT2D eigenvalue weighted by atomic mass is 10.1. The molecule has 0 bridgehead atoms. The Balaban J connectivity index is 2.92. The highest BCUT2D eigenvalue weighted by Gasteiger charge is 2.13. The van der Waals surface area contributed by atoms with Crippen LogP contribution in [0.2, 0.25) is 5.02 Å². The Hall–Kier alpha value is -1.26. The number of esters is 1. The molecule has 0 N–H and O–H groups in total. The van der Waals surface area contributed by atoms with Gasteiger partial charge >= 0.3 is 5.97 Å². The van der Waals surface area contributed by atoms with E-state index in [1.54, 1.807) is 14.2 Å². The fourth-order valence-electron chi connectivity index (χ4n) is 1.56. The molecule has 4 nitrogen and oxygen atoms in total. The molecular weight excluding hydrogens is 256 g/mol. The summed E-state index contributed by atoms with van der Waals surface area (Å²) >= 11 is 6.22. The molecule has 5 heteroatoms. The van der Waals surface area contributed by atoms with Crippen LogP contribution in [0.25, 0.3) is 0 Å². The molecule has 0 aliphatic rings. The molecule has 0 fully saturated rings. The van der Waals surface area contributed by atoms with Crippen LogP contribution in [0.3, 0.4) is 0 Å². The summed E-state index contributed by atoms with van der Waals surface area (Å²) in [5, 5.41) is 0.479. The molecule has 100 valence electrons. The highest BCUT2D eigenvalue weighted by Crippen LogP contribution is 2.32. The van der Waals surface area contributed by atoms with Gasteiger partial charge in [0.1, 0.15) is 12.4 Å². The van der Waals surface area contributed by atoms with E-state index in [0.29, 0.717) is 23.8 Å². The van der Waals surface area contributed by atoms with Gasteiger partial charge in [0.2, 0.25) is 0 Å². The van der Waals surface area contributed by atoms with E-state index >= 15 is 0 Å². The Kier molecular flexibility index (Phi) is 5.95. The summed E-state index contributed by atoms with van der Waals surface area (Å²) in [4.78, 5) is 10.8. The number of carbonyl (C=O) groups is 1. The van der Waals surface area contributed by atoms with Crippen LogP contribution >= 0.6 is 11.6 Å².